The van der Waals surface area contributed by atoms with E-state index < -0.39 is 0 Å². The second-order valence-corrected chi connectivity index (χ2v) is 6.95. The van der Waals surface area contributed by atoms with Crippen LogP contribution in [0.2, 0.25) is 0 Å². The van der Waals surface area contributed by atoms with Crippen LogP contribution in [-0.2, 0) is 29.1 Å². The fourth-order valence-electron chi connectivity index (χ4n) is 2.45. The van der Waals surface area contributed by atoms with Gasteiger partial charge in [-0.1, -0.05) is 37.6 Å². The third-order valence-corrected chi connectivity index (χ3v) is 4.85. The van der Waals surface area contributed by atoms with Gasteiger partial charge in [-0.2, -0.15) is 0 Å². The monoisotopic (exact) mass is 359 g/mol. The molecule has 0 bridgehead atoms. The van der Waals surface area contributed by atoms with Crippen LogP contribution in [0.3, 0.4) is 0 Å². The van der Waals surface area contributed by atoms with Crippen molar-refractivity contribution in [1.29, 1.82) is 0 Å². The number of hydrogen-bond donors (Lipinski definition) is 1. The molecule has 5 nitrogen and oxygen atoms in total. The predicted molar refractivity (Wildman–Crippen MR) is 101 cm³/mol. The highest BCUT2D eigenvalue weighted by Gasteiger charge is 2.22. The van der Waals surface area contributed by atoms with Gasteiger partial charge in [-0.3, -0.25) is 9.59 Å². The molecule has 1 aromatic rings. The molecule has 2 heterocycles. The number of nitrogens with zero attached hydrogens (tertiary/aromatic N) is 2. The smallest absolute Gasteiger partial charge is 0.246 e. The number of carbonyl (C=O) groups excluding carboxylic acids is 2. The Labute approximate surface area is 153 Å². The fraction of sp³-hybridized carbons (Fsp3) is 0.421. The second kappa shape index (κ2) is 9.93. The topological polar surface area (TPSA) is 62.3 Å². The summed E-state index contributed by atoms with van der Waals surface area (Å²) in [5, 5.41) is 3.75. The third-order valence-electron chi connectivity index (χ3n) is 3.77. The zero-order valence-electron chi connectivity index (χ0n) is 14.8. The second-order valence-electron chi connectivity index (χ2n) is 5.78. The molecule has 0 radical (unpaired) electrons. The summed E-state index contributed by atoms with van der Waals surface area (Å²) in [6, 6.07) is 0. The maximum Gasteiger partial charge on any atom is 0.246 e. The summed E-state index contributed by atoms with van der Waals surface area (Å²) >= 11 is 1.57. The first-order chi connectivity index (χ1) is 12.1. The minimum atomic E-state index is -0.0902. The summed E-state index contributed by atoms with van der Waals surface area (Å²) < 4.78 is 0. The van der Waals surface area contributed by atoms with Gasteiger partial charge >= 0.3 is 0 Å². The van der Waals surface area contributed by atoms with Gasteiger partial charge in [0, 0.05) is 23.9 Å². The largest absolute Gasteiger partial charge is 0.346 e. The molecule has 0 unspecified atom stereocenters. The minimum Gasteiger partial charge on any atom is -0.346 e. The van der Waals surface area contributed by atoms with Crippen LogP contribution < -0.4 is 5.32 Å². The number of aromatic nitrogens is 1. The Balaban J connectivity index is 1.90. The molecule has 2 amide bonds. The SMILES string of the molecule is C/C=C/C=C/C(=O)N1CCc2nc(CNC(=O)/C=C/CCC)sc2C1. The molecule has 6 heteroatoms. The Hall–Kier alpha value is -2.21. The van der Waals surface area contributed by atoms with Crippen LogP contribution in [0, 0.1) is 0 Å². The predicted octanol–water partition coefficient (Wildman–Crippen LogP) is 3.13. The van der Waals surface area contributed by atoms with Crippen LogP contribution in [0.5, 0.6) is 0 Å². The number of amides is 2. The molecule has 0 aliphatic carbocycles. The Morgan fingerprint density at radius 2 is 2.16 bits per heavy atom. The summed E-state index contributed by atoms with van der Waals surface area (Å²) in [5.41, 5.74) is 1.05. The molecule has 25 heavy (non-hydrogen) atoms. The molecule has 0 spiro atoms. The van der Waals surface area contributed by atoms with Crippen LogP contribution in [0.15, 0.2) is 36.5 Å². The van der Waals surface area contributed by atoms with E-state index in [1.54, 1.807) is 29.6 Å². The van der Waals surface area contributed by atoms with Crippen LogP contribution >= 0.6 is 11.3 Å². The number of carbonyl (C=O) groups is 2. The van der Waals surface area contributed by atoms with Crippen molar-refractivity contribution >= 4 is 23.2 Å². The average Bonchev–Trinajstić information content (AvgIpc) is 3.02. The number of nitrogens with one attached hydrogen (secondary N) is 1. The van der Waals surface area contributed by atoms with Crippen molar-refractivity contribution in [3.05, 3.63) is 52.0 Å². The van der Waals surface area contributed by atoms with E-state index in [4.69, 9.17) is 0 Å². The van der Waals surface area contributed by atoms with Crippen molar-refractivity contribution < 1.29 is 9.59 Å². The molecule has 0 aromatic carbocycles. The summed E-state index contributed by atoms with van der Waals surface area (Å²) in [5.74, 6) is -0.0689. The third kappa shape index (κ3) is 5.98. The van der Waals surface area contributed by atoms with Crippen molar-refractivity contribution in [2.45, 2.75) is 46.2 Å². The standard InChI is InChI=1S/C19H25N3O2S/c1-3-5-7-9-17(23)20-13-18-21-15-11-12-22(14-16(15)25-18)19(24)10-8-6-4-2/h4,6-10H,3,5,11-14H2,1-2H3,(H,20,23)/b6-4+,9-7+,10-8+. The summed E-state index contributed by atoms with van der Waals surface area (Å²) in [6.45, 7) is 5.70. The Bertz CT molecular complexity index is 689. The van der Waals surface area contributed by atoms with E-state index in [0.29, 0.717) is 19.6 Å². The van der Waals surface area contributed by atoms with Gasteiger partial charge in [0.15, 0.2) is 0 Å². The van der Waals surface area contributed by atoms with Crippen molar-refractivity contribution in [2.24, 2.45) is 0 Å². The normalized spacial score (nSPS) is 14.6. The highest BCUT2D eigenvalue weighted by Crippen LogP contribution is 2.25. The molecular weight excluding hydrogens is 334 g/mol. The fourth-order valence-corrected chi connectivity index (χ4v) is 3.52. The van der Waals surface area contributed by atoms with E-state index in [1.807, 2.05) is 30.1 Å². The molecule has 1 N–H and O–H groups in total. The van der Waals surface area contributed by atoms with Gasteiger partial charge in [0.25, 0.3) is 0 Å². The van der Waals surface area contributed by atoms with Gasteiger partial charge in [0.1, 0.15) is 5.01 Å². The van der Waals surface area contributed by atoms with E-state index >= 15 is 0 Å². The highest BCUT2D eigenvalue weighted by atomic mass is 32.1. The number of allylic oxidation sites excluding steroid dienone is 4. The Kier molecular flexibility index (Phi) is 7.60. The van der Waals surface area contributed by atoms with Gasteiger partial charge in [-0.05, 0) is 19.4 Å². The quantitative estimate of drug-likeness (QED) is 0.601. The first-order valence-electron chi connectivity index (χ1n) is 8.64. The molecule has 0 saturated carbocycles. The molecule has 1 aromatic heterocycles. The molecule has 1 aliphatic rings. The molecule has 0 fully saturated rings. The average molecular weight is 359 g/mol. The van der Waals surface area contributed by atoms with Gasteiger partial charge in [0.2, 0.25) is 11.8 Å². The number of unbranched alkanes of at least 4 members (excludes halogenated alkanes) is 1. The Morgan fingerprint density at radius 1 is 1.32 bits per heavy atom. The van der Waals surface area contributed by atoms with E-state index in [9.17, 15) is 9.59 Å². The van der Waals surface area contributed by atoms with Crippen LogP contribution in [0.25, 0.3) is 0 Å². The molecule has 0 saturated heterocycles. The summed E-state index contributed by atoms with van der Waals surface area (Å²) in [6.07, 6.45) is 13.2. The van der Waals surface area contributed by atoms with Crippen molar-refractivity contribution in [3.63, 3.8) is 0 Å². The van der Waals surface area contributed by atoms with Crippen molar-refractivity contribution in [1.82, 2.24) is 15.2 Å². The van der Waals surface area contributed by atoms with Crippen LogP contribution in [0.4, 0.5) is 0 Å². The van der Waals surface area contributed by atoms with Crippen molar-refractivity contribution in [3.8, 4) is 0 Å². The number of thiazole rings is 1. The lowest BCUT2D eigenvalue weighted by molar-refractivity contribution is -0.126. The zero-order valence-corrected chi connectivity index (χ0v) is 15.6. The molecule has 1 aliphatic heterocycles. The molecule has 0 atom stereocenters. The molecular formula is C19H25N3O2S. The maximum atomic E-state index is 12.2. The Morgan fingerprint density at radius 3 is 2.92 bits per heavy atom. The van der Waals surface area contributed by atoms with Crippen molar-refractivity contribution in [2.75, 3.05) is 6.54 Å². The van der Waals surface area contributed by atoms with Gasteiger partial charge < -0.3 is 10.2 Å². The lowest BCUT2D eigenvalue weighted by Gasteiger charge is -2.24. The van der Waals surface area contributed by atoms with Gasteiger partial charge in [0.05, 0.1) is 18.8 Å². The van der Waals surface area contributed by atoms with Gasteiger partial charge in [-0.15, -0.1) is 11.3 Å². The first-order valence-corrected chi connectivity index (χ1v) is 9.45. The van der Waals surface area contributed by atoms with E-state index in [0.717, 1.165) is 34.8 Å². The molecule has 134 valence electrons. The maximum absolute atomic E-state index is 12.2. The number of fused-ring (bicyclic) bond motifs is 1. The minimum absolute atomic E-state index is 0.0214. The lowest BCUT2D eigenvalue weighted by atomic mass is 10.2. The number of hydrogen-bond acceptors (Lipinski definition) is 4. The summed E-state index contributed by atoms with van der Waals surface area (Å²) in [4.78, 5) is 31.4. The first kappa shape index (κ1) is 19.1. The highest BCUT2D eigenvalue weighted by molar-refractivity contribution is 7.11. The lowest BCUT2D eigenvalue weighted by Crippen LogP contribution is -2.34. The summed E-state index contributed by atoms with van der Waals surface area (Å²) in [7, 11) is 0. The zero-order chi connectivity index (χ0) is 18.1. The number of rotatable bonds is 7. The van der Waals surface area contributed by atoms with E-state index in [2.05, 4.69) is 17.2 Å². The van der Waals surface area contributed by atoms with Crippen LogP contribution in [-0.4, -0.2) is 28.2 Å². The van der Waals surface area contributed by atoms with Gasteiger partial charge in [-0.25, -0.2) is 4.98 Å². The van der Waals surface area contributed by atoms with E-state index in [1.165, 1.54) is 0 Å². The van der Waals surface area contributed by atoms with E-state index in [-0.39, 0.29) is 11.8 Å². The molecule has 2 rings (SSSR count). The van der Waals surface area contributed by atoms with Crippen LogP contribution in [0.1, 0.15) is 42.3 Å².